The quantitative estimate of drug-likeness (QED) is 0.114. The smallest absolute Gasteiger partial charge is 0.0722 e. The van der Waals surface area contributed by atoms with Crippen molar-refractivity contribution in [2.24, 2.45) is 0 Å². The van der Waals surface area contributed by atoms with Crippen molar-refractivity contribution in [1.82, 2.24) is 9.97 Å². The van der Waals surface area contributed by atoms with Crippen LogP contribution in [-0.2, 0) is 0 Å². The van der Waals surface area contributed by atoms with Crippen molar-refractivity contribution in [2.75, 3.05) is 9.80 Å². The van der Waals surface area contributed by atoms with Crippen molar-refractivity contribution >= 4 is 120 Å². The molecule has 4 aromatic heterocycles. The van der Waals surface area contributed by atoms with Crippen LogP contribution < -0.4 is 9.80 Å². The molecular weight excluding hydrogens is 1130 g/mol. The fraction of sp³-hybridized carbons (Fsp3) is 0. The second kappa shape index (κ2) is 22.5. The van der Waals surface area contributed by atoms with Crippen LogP contribution in [-0.4, -0.2) is 9.97 Å². The molecule has 0 aliphatic rings. The van der Waals surface area contributed by atoms with E-state index >= 15 is 0 Å². The van der Waals surface area contributed by atoms with Gasteiger partial charge in [-0.15, -0.1) is 22.7 Å². The molecule has 0 amide bonds. The van der Waals surface area contributed by atoms with Gasteiger partial charge in [0.05, 0.1) is 11.0 Å². The summed E-state index contributed by atoms with van der Waals surface area (Å²) in [5.41, 5.74) is 20.4. The van der Waals surface area contributed by atoms with Crippen molar-refractivity contribution in [1.29, 1.82) is 0 Å². The summed E-state index contributed by atoms with van der Waals surface area (Å²) in [6.07, 6.45) is 3.76. The molecule has 0 radical (unpaired) electrons. The van der Waals surface area contributed by atoms with Crippen molar-refractivity contribution in [3.63, 3.8) is 0 Å². The maximum Gasteiger partial charge on any atom is 0.0722 e. The number of hydrogen-bond acceptors (Lipinski definition) is 6. The monoisotopic (exact) mass is 1180 g/mol. The van der Waals surface area contributed by atoms with Gasteiger partial charge in [-0.05, 0) is 151 Å². The van der Waals surface area contributed by atoms with Crippen LogP contribution in [0.4, 0.5) is 34.1 Å². The number of thiophene rings is 2. The van der Waals surface area contributed by atoms with Gasteiger partial charge in [-0.3, -0.25) is 9.97 Å². The highest BCUT2D eigenvalue weighted by molar-refractivity contribution is 7.23. The number of aromatic nitrogens is 2. The van der Waals surface area contributed by atoms with E-state index in [9.17, 15) is 0 Å². The SMILES string of the molecule is c1ccc(-c2sc3cc(N(c4ccc(-c5c6ccccc6c(-c6ccc(N(c7ccc8cccnc8c7)c7ccc8c(-c9ccccc9)c(-c9ccccc9)sc8c7)cc6)c6ccccc56)cc4)c4ccc5cccnc5c4)ccc3c2-c2ccccc2)cc1. The molecule has 0 saturated heterocycles. The largest absolute Gasteiger partial charge is 0.310 e. The number of nitrogens with zero attached hydrogens (tertiary/aromatic N) is 4. The van der Waals surface area contributed by atoms with E-state index in [4.69, 9.17) is 9.97 Å². The van der Waals surface area contributed by atoms with E-state index in [1.54, 1.807) is 0 Å². The van der Waals surface area contributed by atoms with Crippen LogP contribution in [0.15, 0.2) is 328 Å². The second-order valence-corrected chi connectivity index (χ2v) is 24.9. The van der Waals surface area contributed by atoms with Gasteiger partial charge in [-0.25, -0.2) is 0 Å². The average Bonchev–Trinajstić information content (AvgIpc) is 0.937. The van der Waals surface area contributed by atoms with Gasteiger partial charge < -0.3 is 9.80 Å². The Hall–Kier alpha value is -11.3. The molecule has 0 fully saturated rings. The van der Waals surface area contributed by atoms with Gasteiger partial charge in [-0.1, -0.05) is 231 Å². The maximum absolute atomic E-state index is 4.83. The summed E-state index contributed by atoms with van der Waals surface area (Å²) < 4.78 is 2.45. The Bertz CT molecular complexity index is 5130. The van der Waals surface area contributed by atoms with E-state index < -0.39 is 0 Å². The molecule has 90 heavy (non-hydrogen) atoms. The van der Waals surface area contributed by atoms with Crippen LogP contribution in [0.25, 0.3) is 129 Å². The lowest BCUT2D eigenvalue weighted by atomic mass is 9.86. The number of anilines is 6. The van der Waals surface area contributed by atoms with Gasteiger partial charge in [0.25, 0.3) is 0 Å². The van der Waals surface area contributed by atoms with Crippen molar-refractivity contribution in [3.05, 3.63) is 328 Å². The predicted molar refractivity (Wildman–Crippen MR) is 385 cm³/mol. The first-order valence-electron chi connectivity index (χ1n) is 30.4. The number of benzene rings is 13. The minimum Gasteiger partial charge on any atom is -0.310 e. The molecular formula is C84H54N4S2. The third kappa shape index (κ3) is 9.37. The highest BCUT2D eigenvalue weighted by atomic mass is 32.1. The summed E-state index contributed by atoms with van der Waals surface area (Å²) in [7, 11) is 0. The zero-order valence-corrected chi connectivity index (χ0v) is 50.4. The summed E-state index contributed by atoms with van der Waals surface area (Å²) in [5.74, 6) is 0. The molecule has 0 aliphatic heterocycles. The number of pyridine rings is 2. The normalized spacial score (nSPS) is 11.6. The lowest BCUT2D eigenvalue weighted by Crippen LogP contribution is -2.10. The van der Waals surface area contributed by atoms with Crippen molar-refractivity contribution < 1.29 is 0 Å². The molecule has 0 saturated carbocycles. The van der Waals surface area contributed by atoms with Gasteiger partial charge in [0.2, 0.25) is 0 Å². The third-order valence-electron chi connectivity index (χ3n) is 17.5. The minimum absolute atomic E-state index is 0.950. The van der Waals surface area contributed by atoms with E-state index in [1.807, 2.05) is 47.2 Å². The fourth-order valence-electron chi connectivity index (χ4n) is 13.4. The lowest BCUT2D eigenvalue weighted by Gasteiger charge is -2.26. The number of hydrogen-bond donors (Lipinski definition) is 0. The minimum atomic E-state index is 0.950. The third-order valence-corrected chi connectivity index (χ3v) is 19.9. The Balaban J connectivity index is 0.772. The molecule has 0 aliphatic carbocycles. The van der Waals surface area contributed by atoms with Crippen LogP contribution in [0, 0.1) is 0 Å². The van der Waals surface area contributed by atoms with E-state index in [2.05, 4.69) is 313 Å². The zero-order valence-electron chi connectivity index (χ0n) is 48.8. The molecule has 0 bridgehead atoms. The average molecular weight is 1180 g/mol. The second-order valence-electron chi connectivity index (χ2n) is 22.8. The molecule has 4 nitrogen and oxygen atoms in total. The van der Waals surface area contributed by atoms with Crippen LogP contribution in [0.2, 0.25) is 0 Å². The first-order chi connectivity index (χ1) is 44.6. The molecule has 17 rings (SSSR count). The van der Waals surface area contributed by atoms with E-state index in [0.29, 0.717) is 0 Å². The van der Waals surface area contributed by atoms with Gasteiger partial charge in [-0.2, -0.15) is 0 Å². The summed E-state index contributed by atoms with van der Waals surface area (Å²) in [6.45, 7) is 0. The molecule has 422 valence electrons. The Labute approximate surface area is 529 Å². The Kier molecular flexibility index (Phi) is 13.2. The highest BCUT2D eigenvalue weighted by Crippen LogP contribution is 2.51. The van der Waals surface area contributed by atoms with Crippen LogP contribution >= 0.6 is 22.7 Å². The number of rotatable bonds is 12. The van der Waals surface area contributed by atoms with Gasteiger partial charge in [0, 0.05) is 98.3 Å². The molecule has 0 spiro atoms. The molecule has 4 heterocycles. The molecule has 0 atom stereocenters. The predicted octanol–water partition coefficient (Wildman–Crippen LogP) is 24.5. The van der Waals surface area contributed by atoms with E-state index in [1.165, 1.54) is 96.0 Å². The Morgan fingerprint density at radius 2 is 0.533 bits per heavy atom. The summed E-state index contributed by atoms with van der Waals surface area (Å²) in [4.78, 5) is 17.0. The fourth-order valence-corrected chi connectivity index (χ4v) is 15.9. The molecule has 0 unspecified atom stereocenters. The molecule has 6 heteroatoms. The van der Waals surface area contributed by atoms with Gasteiger partial charge in [0.1, 0.15) is 0 Å². The Morgan fingerprint density at radius 1 is 0.222 bits per heavy atom. The molecule has 0 N–H and O–H groups in total. The molecule has 17 aromatic rings. The topological polar surface area (TPSA) is 32.3 Å². The van der Waals surface area contributed by atoms with Gasteiger partial charge in [0.15, 0.2) is 0 Å². The van der Waals surface area contributed by atoms with Crippen LogP contribution in [0.3, 0.4) is 0 Å². The van der Waals surface area contributed by atoms with E-state index in [-0.39, 0.29) is 0 Å². The maximum atomic E-state index is 4.83. The van der Waals surface area contributed by atoms with Crippen LogP contribution in [0.5, 0.6) is 0 Å². The summed E-state index contributed by atoms with van der Waals surface area (Å²) in [5, 5.41) is 9.49. The first kappa shape index (κ1) is 53.0. The number of fused-ring (bicyclic) bond motifs is 6. The lowest BCUT2D eigenvalue weighted by molar-refractivity contribution is 1.29. The Morgan fingerprint density at radius 3 is 0.911 bits per heavy atom. The summed E-state index contributed by atoms with van der Waals surface area (Å²) >= 11 is 3.71. The highest BCUT2D eigenvalue weighted by Gasteiger charge is 2.24. The zero-order chi connectivity index (χ0) is 59.5. The standard InChI is InChI=1S/C84H54N4S2/c1-5-19-57(20-6-1)81-73-47-45-67(53-77(73)89-83(81)61-23-9-3-10-24-61)87(65-43-33-55-27-17-49-85-75(55)51-65)63-39-35-59(36-40-63)79-69-29-13-15-31-71(69)80(72-32-16-14-30-70(72)79)60-37-41-64(42-38-60)88(66-44-34-56-28-18-50-86-76(56)52-66)68-46-48-74-78(54-68)90-84(62-25-11-4-12-26-62)82(74)58-21-7-2-8-22-58/h1-54H. The van der Waals surface area contributed by atoms with E-state index in [0.717, 1.165) is 67.1 Å². The molecule has 13 aromatic carbocycles. The van der Waals surface area contributed by atoms with Crippen molar-refractivity contribution in [2.45, 2.75) is 0 Å². The summed E-state index contributed by atoms with van der Waals surface area (Å²) in [6, 6.07) is 115. The van der Waals surface area contributed by atoms with Crippen molar-refractivity contribution in [3.8, 4) is 65.4 Å². The first-order valence-corrected chi connectivity index (χ1v) is 32.1. The van der Waals surface area contributed by atoms with Crippen LogP contribution in [0.1, 0.15) is 0 Å². The van der Waals surface area contributed by atoms with Gasteiger partial charge >= 0.3 is 0 Å².